The van der Waals surface area contributed by atoms with Crippen molar-refractivity contribution in [2.24, 2.45) is 0 Å². The second-order valence-electron chi connectivity index (χ2n) is 7.04. The van der Waals surface area contributed by atoms with E-state index in [4.69, 9.17) is 23.7 Å². The molecule has 9 nitrogen and oxygen atoms in total. The van der Waals surface area contributed by atoms with Crippen molar-refractivity contribution in [2.75, 3.05) is 61.7 Å². The fourth-order valence-corrected chi connectivity index (χ4v) is 3.72. The number of nitrogens with zero attached hydrogens (tertiary/aromatic N) is 2. The third-order valence-electron chi connectivity index (χ3n) is 5.41. The Kier molecular flexibility index (Phi) is 7.29. The maximum atomic E-state index is 13.2. The highest BCUT2D eigenvalue weighted by Crippen LogP contribution is 2.38. The normalized spacial score (nSPS) is 13.4. The topological polar surface area (TPSA) is 86.8 Å². The van der Waals surface area contributed by atoms with Gasteiger partial charge in [-0.3, -0.25) is 9.59 Å². The van der Waals surface area contributed by atoms with Crippen molar-refractivity contribution in [3.05, 3.63) is 41.5 Å². The second-order valence-corrected chi connectivity index (χ2v) is 7.04. The molecule has 3 rings (SSSR count). The molecule has 1 fully saturated rings. The first-order chi connectivity index (χ1) is 15.5. The van der Waals surface area contributed by atoms with Gasteiger partial charge in [-0.15, -0.1) is 0 Å². The number of ether oxygens (including phenoxy) is 5. The van der Waals surface area contributed by atoms with Crippen molar-refractivity contribution in [2.45, 2.75) is 0 Å². The van der Waals surface area contributed by atoms with Crippen LogP contribution in [0.2, 0.25) is 0 Å². The van der Waals surface area contributed by atoms with E-state index >= 15 is 0 Å². The Bertz CT molecular complexity index is 937. The molecular weight excluding hydrogens is 416 g/mol. The number of hydrogen-bond donors (Lipinski definition) is 0. The van der Waals surface area contributed by atoms with E-state index in [2.05, 4.69) is 0 Å². The Morgan fingerprint density at radius 2 is 1.09 bits per heavy atom. The van der Waals surface area contributed by atoms with E-state index < -0.39 is 0 Å². The lowest BCUT2D eigenvalue weighted by atomic mass is 10.1. The number of hydrogen-bond acceptors (Lipinski definition) is 7. The van der Waals surface area contributed by atoms with Crippen LogP contribution in [-0.2, 0) is 0 Å². The molecule has 0 atom stereocenters. The molecule has 172 valence electrons. The van der Waals surface area contributed by atoms with Gasteiger partial charge in [-0.1, -0.05) is 6.07 Å². The zero-order valence-electron chi connectivity index (χ0n) is 19.0. The van der Waals surface area contributed by atoms with Gasteiger partial charge in [-0.2, -0.15) is 0 Å². The summed E-state index contributed by atoms with van der Waals surface area (Å²) in [5.74, 6) is 1.77. The monoisotopic (exact) mass is 444 g/mol. The lowest BCUT2D eigenvalue weighted by molar-refractivity contribution is 0.0531. The van der Waals surface area contributed by atoms with Gasteiger partial charge < -0.3 is 33.5 Å². The Morgan fingerprint density at radius 3 is 1.50 bits per heavy atom. The number of piperazine rings is 1. The molecule has 0 N–H and O–H groups in total. The summed E-state index contributed by atoms with van der Waals surface area (Å²) in [6, 6.07) is 8.46. The van der Waals surface area contributed by atoms with Crippen LogP contribution in [-0.4, -0.2) is 83.3 Å². The van der Waals surface area contributed by atoms with Crippen molar-refractivity contribution in [1.82, 2.24) is 9.80 Å². The average Bonchev–Trinajstić information content (AvgIpc) is 2.86. The minimum atomic E-state index is -0.195. The van der Waals surface area contributed by atoms with Gasteiger partial charge in [-0.25, -0.2) is 0 Å². The summed E-state index contributed by atoms with van der Waals surface area (Å²) in [4.78, 5) is 29.7. The summed E-state index contributed by atoms with van der Waals surface area (Å²) in [5.41, 5.74) is 0.799. The average molecular weight is 444 g/mol. The second kappa shape index (κ2) is 10.1. The molecule has 0 radical (unpaired) electrons. The van der Waals surface area contributed by atoms with Gasteiger partial charge in [0.2, 0.25) is 5.75 Å². The smallest absolute Gasteiger partial charge is 0.261 e. The highest BCUT2D eigenvalue weighted by atomic mass is 16.5. The summed E-state index contributed by atoms with van der Waals surface area (Å²) in [6.45, 7) is 1.55. The van der Waals surface area contributed by atoms with Gasteiger partial charge in [0.25, 0.3) is 11.8 Å². The number of carbonyl (C=O) groups excluding carboxylic acids is 2. The minimum absolute atomic E-state index is 0.175. The molecule has 2 aromatic carbocycles. The van der Waals surface area contributed by atoms with Crippen molar-refractivity contribution in [3.63, 3.8) is 0 Å². The lowest BCUT2D eigenvalue weighted by Crippen LogP contribution is -2.50. The predicted octanol–water partition coefficient (Wildman–Crippen LogP) is 2.33. The first-order valence-corrected chi connectivity index (χ1v) is 10.1. The van der Waals surface area contributed by atoms with Crippen LogP contribution in [0.3, 0.4) is 0 Å². The van der Waals surface area contributed by atoms with Crippen molar-refractivity contribution in [3.8, 4) is 28.7 Å². The Morgan fingerprint density at radius 1 is 0.656 bits per heavy atom. The van der Waals surface area contributed by atoms with Crippen LogP contribution in [0.4, 0.5) is 0 Å². The SMILES string of the molecule is COc1cc(C(=O)N2CCN(C(=O)c3c(OC)cccc3OC)CC2)cc(OC)c1OC. The first kappa shape index (κ1) is 23.1. The molecule has 9 heteroatoms. The van der Waals surface area contributed by atoms with Gasteiger partial charge in [0, 0.05) is 31.7 Å². The number of amides is 2. The van der Waals surface area contributed by atoms with Crippen LogP contribution < -0.4 is 23.7 Å². The molecule has 1 saturated heterocycles. The summed E-state index contributed by atoms with van der Waals surface area (Å²) < 4.78 is 26.7. The zero-order chi connectivity index (χ0) is 23.3. The fourth-order valence-electron chi connectivity index (χ4n) is 3.72. The van der Waals surface area contributed by atoms with Crippen molar-refractivity contribution >= 4 is 11.8 Å². The molecule has 2 amide bonds. The van der Waals surface area contributed by atoms with E-state index in [-0.39, 0.29) is 11.8 Å². The van der Waals surface area contributed by atoms with Crippen LogP contribution in [0.1, 0.15) is 20.7 Å². The summed E-state index contributed by atoms with van der Waals surface area (Å²) in [5, 5.41) is 0. The minimum Gasteiger partial charge on any atom is -0.496 e. The molecule has 0 bridgehead atoms. The predicted molar refractivity (Wildman–Crippen MR) is 117 cm³/mol. The van der Waals surface area contributed by atoms with E-state index in [1.54, 1.807) is 40.1 Å². The van der Waals surface area contributed by atoms with E-state index in [1.807, 2.05) is 0 Å². The standard InChI is InChI=1S/C23H28N2O7/c1-28-16-7-6-8-17(29-2)20(16)23(27)25-11-9-24(10-12-25)22(26)15-13-18(30-3)21(32-5)19(14-15)31-4/h6-8,13-14H,9-12H2,1-5H3. The number of carbonyl (C=O) groups is 2. The van der Waals surface area contributed by atoms with E-state index in [1.165, 1.54) is 35.5 Å². The third kappa shape index (κ3) is 4.37. The van der Waals surface area contributed by atoms with Gasteiger partial charge in [-0.05, 0) is 24.3 Å². The van der Waals surface area contributed by atoms with Crippen LogP contribution in [0.25, 0.3) is 0 Å². The summed E-state index contributed by atoms with van der Waals surface area (Å²) in [6.07, 6.45) is 0. The van der Waals surface area contributed by atoms with Crippen LogP contribution in [0, 0.1) is 0 Å². The number of methoxy groups -OCH3 is 5. The lowest BCUT2D eigenvalue weighted by Gasteiger charge is -2.35. The Balaban J connectivity index is 1.75. The van der Waals surface area contributed by atoms with Gasteiger partial charge >= 0.3 is 0 Å². The maximum absolute atomic E-state index is 13.2. The molecule has 0 aliphatic carbocycles. The summed E-state index contributed by atoms with van der Waals surface area (Å²) >= 11 is 0. The molecule has 0 spiro atoms. The van der Waals surface area contributed by atoms with Gasteiger partial charge in [0.1, 0.15) is 17.1 Å². The van der Waals surface area contributed by atoms with Gasteiger partial charge in [0.05, 0.1) is 35.5 Å². The van der Waals surface area contributed by atoms with E-state index in [0.717, 1.165) is 0 Å². The van der Waals surface area contributed by atoms with E-state index in [0.29, 0.717) is 66.1 Å². The van der Waals surface area contributed by atoms with E-state index in [9.17, 15) is 9.59 Å². The first-order valence-electron chi connectivity index (χ1n) is 10.1. The molecule has 1 aliphatic rings. The highest BCUT2D eigenvalue weighted by Gasteiger charge is 2.29. The molecule has 0 saturated carbocycles. The number of benzene rings is 2. The van der Waals surface area contributed by atoms with Gasteiger partial charge in [0.15, 0.2) is 11.5 Å². The molecule has 0 aromatic heterocycles. The molecule has 1 aliphatic heterocycles. The zero-order valence-corrected chi connectivity index (χ0v) is 19.0. The molecule has 32 heavy (non-hydrogen) atoms. The van der Waals surface area contributed by atoms with Crippen LogP contribution in [0.15, 0.2) is 30.3 Å². The van der Waals surface area contributed by atoms with Crippen molar-refractivity contribution in [1.29, 1.82) is 0 Å². The van der Waals surface area contributed by atoms with Crippen molar-refractivity contribution < 1.29 is 33.3 Å². The molecule has 0 unspecified atom stereocenters. The molecule has 2 aromatic rings. The Hall–Kier alpha value is -3.62. The quantitative estimate of drug-likeness (QED) is 0.648. The molecular formula is C23H28N2O7. The molecule has 1 heterocycles. The largest absolute Gasteiger partial charge is 0.496 e. The maximum Gasteiger partial charge on any atom is 0.261 e. The summed E-state index contributed by atoms with van der Waals surface area (Å²) in [7, 11) is 7.54. The fraction of sp³-hybridized carbons (Fsp3) is 0.391. The van der Waals surface area contributed by atoms with Crippen LogP contribution >= 0.6 is 0 Å². The van der Waals surface area contributed by atoms with Crippen LogP contribution in [0.5, 0.6) is 28.7 Å². The number of rotatable bonds is 7. The third-order valence-corrected chi connectivity index (χ3v) is 5.41. The Labute approximate surface area is 187 Å². The highest BCUT2D eigenvalue weighted by molar-refractivity contribution is 6.00.